The maximum Gasteiger partial charge on any atom is 0.407 e. The van der Waals surface area contributed by atoms with Gasteiger partial charge in [0, 0.05) is 4.90 Å². The van der Waals surface area contributed by atoms with Gasteiger partial charge in [-0.15, -0.1) is 0 Å². The molecule has 0 aliphatic rings. The lowest BCUT2D eigenvalue weighted by atomic mass is 10.4. The monoisotopic (exact) mass is 236 g/mol. The molecule has 1 aromatic rings. The molecule has 1 N–H and O–H groups in total. The van der Waals surface area contributed by atoms with Gasteiger partial charge in [0.2, 0.25) is 0 Å². The normalized spacial score (nSPS) is 13.9. The van der Waals surface area contributed by atoms with Gasteiger partial charge in [0.1, 0.15) is 0 Å². The van der Waals surface area contributed by atoms with Gasteiger partial charge in [0.25, 0.3) is 0 Å². The quantitative estimate of drug-likeness (QED) is 0.813. The Bertz CT molecular complexity index is 397. The van der Waals surface area contributed by atoms with Crippen LogP contribution in [0.15, 0.2) is 35.2 Å². The van der Waals surface area contributed by atoms with Crippen molar-refractivity contribution in [1.82, 2.24) is 0 Å². The molecule has 0 unspecified atom stereocenters. The molecule has 1 rings (SSSR count). The number of hydrogen-bond acceptors (Lipinski definition) is 3. The molecule has 4 nitrogen and oxygen atoms in total. The molecule has 0 saturated heterocycles. The van der Waals surface area contributed by atoms with Crippen LogP contribution in [0.4, 0.5) is 0 Å². The summed E-state index contributed by atoms with van der Waals surface area (Å²) < 4.78 is 34.4. The number of benzene rings is 1. The van der Waals surface area contributed by atoms with E-state index >= 15 is 0 Å². The second-order valence-electron chi connectivity index (χ2n) is 3.04. The molecule has 0 aliphatic heterocycles. The molecule has 0 spiro atoms. The molecule has 0 atom stereocenters. The van der Waals surface area contributed by atoms with E-state index in [9.17, 15) is 8.42 Å². The largest absolute Gasteiger partial charge is 0.407 e. The van der Waals surface area contributed by atoms with Crippen molar-refractivity contribution in [1.29, 1.82) is 0 Å². The molecular weight excluding hydrogens is 224 g/mol. The molecule has 1 aromatic carbocycles. The van der Waals surface area contributed by atoms with Crippen molar-refractivity contribution in [2.24, 2.45) is 0 Å². The topological polar surface area (TPSA) is 63.6 Å². The smallest absolute Gasteiger partial charge is 0.263 e. The lowest BCUT2D eigenvalue weighted by molar-refractivity contribution is 0.403. The summed E-state index contributed by atoms with van der Waals surface area (Å²) in [6.07, 6.45) is 3.30. The van der Waals surface area contributed by atoms with Crippen molar-refractivity contribution in [3.63, 3.8) is 0 Å². The van der Waals surface area contributed by atoms with E-state index in [1.54, 1.807) is 36.8 Å². The van der Waals surface area contributed by atoms with Gasteiger partial charge in [-0.3, -0.25) is 4.55 Å². The average molecular weight is 236 g/mol. The predicted molar refractivity (Wildman–Crippen MR) is 56.8 cm³/mol. The van der Waals surface area contributed by atoms with E-state index < -0.39 is 20.7 Å². The number of rotatable bonds is 3. The van der Waals surface area contributed by atoms with Gasteiger partial charge < -0.3 is 0 Å². The summed E-state index contributed by atoms with van der Waals surface area (Å²) in [5.41, 5.74) is 0. The third-order valence-electron chi connectivity index (χ3n) is 1.57. The van der Waals surface area contributed by atoms with Crippen molar-refractivity contribution < 1.29 is 16.6 Å². The third kappa shape index (κ3) is 3.30. The standard InChI is InChI=1S/C8H12O4S2/c1-13(2,12-14(9,10)11)8-6-4-3-5-7-8/h3-7H,1-2H3,(H,9,10,11). The maximum atomic E-state index is 10.6. The van der Waals surface area contributed by atoms with Crippen LogP contribution in [0.2, 0.25) is 0 Å². The van der Waals surface area contributed by atoms with E-state index in [1.807, 2.05) is 6.07 Å². The fourth-order valence-electron chi connectivity index (χ4n) is 1.00. The van der Waals surface area contributed by atoms with Gasteiger partial charge in [-0.25, -0.2) is 0 Å². The highest BCUT2D eigenvalue weighted by molar-refractivity contribution is 8.31. The van der Waals surface area contributed by atoms with Gasteiger partial charge in [-0.1, -0.05) is 28.5 Å². The van der Waals surface area contributed by atoms with Crippen LogP contribution in [0.5, 0.6) is 0 Å². The summed E-state index contributed by atoms with van der Waals surface area (Å²) in [6, 6.07) is 8.93. The first-order valence-electron chi connectivity index (χ1n) is 3.78. The molecule has 80 valence electrons. The van der Waals surface area contributed by atoms with Crippen molar-refractivity contribution >= 4 is 20.7 Å². The lowest BCUT2D eigenvalue weighted by Gasteiger charge is -2.28. The average Bonchev–Trinajstić information content (AvgIpc) is 2.01. The Morgan fingerprint density at radius 2 is 1.64 bits per heavy atom. The molecule has 0 radical (unpaired) electrons. The summed E-state index contributed by atoms with van der Waals surface area (Å²) >= 11 is 0. The third-order valence-corrected chi connectivity index (χ3v) is 5.02. The first-order chi connectivity index (χ1) is 6.31. The summed E-state index contributed by atoms with van der Waals surface area (Å²) in [4.78, 5) is 0.762. The van der Waals surface area contributed by atoms with E-state index in [0.717, 1.165) is 4.90 Å². The molecule has 0 aliphatic carbocycles. The second-order valence-corrected chi connectivity index (χ2v) is 7.38. The van der Waals surface area contributed by atoms with E-state index in [-0.39, 0.29) is 0 Å². The SMILES string of the molecule is CS(C)(OS(=O)(=O)O)c1ccccc1. The van der Waals surface area contributed by atoms with Crippen LogP contribution in [0.1, 0.15) is 0 Å². The lowest BCUT2D eigenvalue weighted by Crippen LogP contribution is -2.08. The Hall–Kier alpha value is -0.560. The van der Waals surface area contributed by atoms with Crippen LogP contribution >= 0.6 is 10.3 Å². The zero-order chi connectivity index (χ0) is 10.8. The molecule has 0 amide bonds. The van der Waals surface area contributed by atoms with Crippen LogP contribution < -0.4 is 0 Å². The van der Waals surface area contributed by atoms with Gasteiger partial charge in [-0.05, 0) is 24.6 Å². The van der Waals surface area contributed by atoms with Crippen molar-refractivity contribution in [3.05, 3.63) is 30.3 Å². The Kier molecular flexibility index (Phi) is 3.20. The summed E-state index contributed by atoms with van der Waals surface area (Å²) in [7, 11) is -6.35. The summed E-state index contributed by atoms with van der Waals surface area (Å²) in [5.74, 6) is 0. The van der Waals surface area contributed by atoms with Gasteiger partial charge >= 0.3 is 10.4 Å². The van der Waals surface area contributed by atoms with Gasteiger partial charge in [0.15, 0.2) is 0 Å². The molecule has 0 aromatic heterocycles. The molecular formula is C8H12O4S2. The molecule has 0 fully saturated rings. The zero-order valence-corrected chi connectivity index (χ0v) is 9.51. The fraction of sp³-hybridized carbons (Fsp3) is 0.250. The van der Waals surface area contributed by atoms with Crippen molar-refractivity contribution in [2.45, 2.75) is 4.90 Å². The minimum Gasteiger partial charge on any atom is -0.263 e. The highest BCUT2D eigenvalue weighted by Gasteiger charge is 2.22. The Balaban J connectivity index is 2.97. The van der Waals surface area contributed by atoms with Gasteiger partial charge in [-0.2, -0.15) is 12.0 Å². The van der Waals surface area contributed by atoms with Crippen molar-refractivity contribution in [3.8, 4) is 0 Å². The van der Waals surface area contributed by atoms with E-state index in [0.29, 0.717) is 0 Å². The molecule has 0 heterocycles. The summed E-state index contributed by atoms with van der Waals surface area (Å²) in [5, 5.41) is 0. The highest BCUT2D eigenvalue weighted by Crippen LogP contribution is 2.50. The zero-order valence-electron chi connectivity index (χ0n) is 7.88. The Morgan fingerprint density at radius 1 is 1.14 bits per heavy atom. The van der Waals surface area contributed by atoms with Gasteiger partial charge in [0.05, 0.1) is 0 Å². The van der Waals surface area contributed by atoms with Crippen molar-refractivity contribution in [2.75, 3.05) is 12.5 Å². The van der Waals surface area contributed by atoms with E-state index in [1.165, 1.54) is 0 Å². The number of hydrogen-bond donors (Lipinski definition) is 1. The second kappa shape index (κ2) is 3.90. The molecule has 0 bridgehead atoms. The predicted octanol–water partition coefficient (Wildman–Crippen LogP) is 1.84. The molecule has 6 heteroatoms. The maximum absolute atomic E-state index is 10.6. The van der Waals surface area contributed by atoms with Crippen LogP contribution in [0, 0.1) is 0 Å². The van der Waals surface area contributed by atoms with Crippen LogP contribution in [-0.2, 0) is 14.0 Å². The molecule has 14 heavy (non-hydrogen) atoms. The summed E-state index contributed by atoms with van der Waals surface area (Å²) in [6.45, 7) is 0. The fourth-order valence-corrected chi connectivity index (χ4v) is 3.85. The van der Waals surface area contributed by atoms with E-state index in [2.05, 4.69) is 3.63 Å². The van der Waals surface area contributed by atoms with Crippen LogP contribution in [-0.4, -0.2) is 25.5 Å². The first-order valence-corrected chi connectivity index (χ1v) is 7.52. The minimum atomic E-state index is -4.39. The van der Waals surface area contributed by atoms with Crippen LogP contribution in [0.3, 0.4) is 0 Å². The Morgan fingerprint density at radius 3 is 2.07 bits per heavy atom. The first kappa shape index (κ1) is 11.5. The minimum absolute atomic E-state index is 0.762. The van der Waals surface area contributed by atoms with E-state index in [4.69, 9.17) is 4.55 Å². The highest BCUT2D eigenvalue weighted by atomic mass is 32.3. The van der Waals surface area contributed by atoms with Crippen LogP contribution in [0.25, 0.3) is 0 Å². The molecule has 0 saturated carbocycles. The Labute approximate surface area is 85.4 Å².